The molecule has 2 rings (SSSR count). The molecule has 25 heavy (non-hydrogen) atoms. The molecule has 0 saturated carbocycles. The summed E-state index contributed by atoms with van der Waals surface area (Å²) >= 11 is 0. The number of benzene rings is 2. The minimum atomic E-state index is -0.946. The Morgan fingerprint density at radius 3 is 2.48 bits per heavy atom. The number of rotatable bonds is 5. The van der Waals surface area contributed by atoms with Gasteiger partial charge in [0.2, 0.25) is 5.91 Å². The van der Waals surface area contributed by atoms with Crippen LogP contribution < -0.4 is 10.6 Å². The molecular weight excluding hydrogens is 326 g/mol. The van der Waals surface area contributed by atoms with Gasteiger partial charge in [0.05, 0.1) is 12.1 Å². The molecule has 0 heterocycles. The van der Waals surface area contributed by atoms with Crippen molar-refractivity contribution < 1.29 is 18.4 Å². The molecule has 2 aromatic carbocycles. The molecule has 0 radical (unpaired) electrons. The first-order valence-electron chi connectivity index (χ1n) is 7.60. The standard InChI is InChI=1S/C19H16F2N2O2/c20-15-8-9-16(17(21)13-15)19(25)23-12-10-18(24)22-11-4-7-14-5-2-1-3-6-14/h1-3,5-6,8-9,13H,10-12H2,(H,22,24)(H,23,25). The normalized spacial score (nSPS) is 9.68. The van der Waals surface area contributed by atoms with Crippen LogP contribution in [0.2, 0.25) is 0 Å². The van der Waals surface area contributed by atoms with Crippen LogP contribution in [0.25, 0.3) is 0 Å². The van der Waals surface area contributed by atoms with Crippen LogP contribution in [0.3, 0.4) is 0 Å². The van der Waals surface area contributed by atoms with Gasteiger partial charge in [-0.05, 0) is 24.3 Å². The minimum Gasteiger partial charge on any atom is -0.351 e. The fraction of sp³-hybridized carbons (Fsp3) is 0.158. The van der Waals surface area contributed by atoms with Gasteiger partial charge in [-0.15, -0.1) is 0 Å². The lowest BCUT2D eigenvalue weighted by Gasteiger charge is -2.06. The summed E-state index contributed by atoms with van der Waals surface area (Å²) in [5.41, 5.74) is 0.584. The van der Waals surface area contributed by atoms with E-state index in [4.69, 9.17) is 0 Å². The van der Waals surface area contributed by atoms with Gasteiger partial charge in [-0.25, -0.2) is 8.78 Å². The maximum Gasteiger partial charge on any atom is 0.254 e. The Morgan fingerprint density at radius 2 is 1.76 bits per heavy atom. The maximum absolute atomic E-state index is 13.4. The molecule has 4 nitrogen and oxygen atoms in total. The summed E-state index contributed by atoms with van der Waals surface area (Å²) in [5, 5.41) is 5.01. The highest BCUT2D eigenvalue weighted by molar-refractivity contribution is 5.94. The monoisotopic (exact) mass is 342 g/mol. The second-order valence-electron chi connectivity index (χ2n) is 5.07. The number of hydrogen-bond acceptors (Lipinski definition) is 2. The predicted octanol–water partition coefficient (Wildman–Crippen LogP) is 2.25. The first-order valence-corrected chi connectivity index (χ1v) is 7.60. The molecule has 128 valence electrons. The number of carbonyl (C=O) groups excluding carboxylic acids is 2. The summed E-state index contributed by atoms with van der Waals surface area (Å²) in [6.07, 6.45) is 0.0293. The van der Waals surface area contributed by atoms with E-state index in [9.17, 15) is 18.4 Å². The molecule has 0 aliphatic rings. The summed E-state index contributed by atoms with van der Waals surface area (Å²) in [4.78, 5) is 23.4. The lowest BCUT2D eigenvalue weighted by atomic mass is 10.2. The highest BCUT2D eigenvalue weighted by atomic mass is 19.1. The van der Waals surface area contributed by atoms with E-state index in [0.717, 1.165) is 17.7 Å². The lowest BCUT2D eigenvalue weighted by Crippen LogP contribution is -2.31. The van der Waals surface area contributed by atoms with E-state index >= 15 is 0 Å². The number of carbonyl (C=O) groups is 2. The topological polar surface area (TPSA) is 58.2 Å². The minimum absolute atomic E-state index is 0.0293. The predicted molar refractivity (Wildman–Crippen MR) is 89.6 cm³/mol. The molecule has 6 heteroatoms. The van der Waals surface area contributed by atoms with Crippen molar-refractivity contribution in [3.8, 4) is 11.8 Å². The van der Waals surface area contributed by atoms with E-state index in [0.29, 0.717) is 6.07 Å². The quantitative estimate of drug-likeness (QED) is 0.819. The molecule has 0 fully saturated rings. The highest BCUT2D eigenvalue weighted by Crippen LogP contribution is 2.09. The molecule has 2 aromatic rings. The molecule has 0 atom stereocenters. The van der Waals surface area contributed by atoms with Gasteiger partial charge in [-0.1, -0.05) is 30.0 Å². The second-order valence-corrected chi connectivity index (χ2v) is 5.07. The number of amides is 2. The largest absolute Gasteiger partial charge is 0.351 e. The van der Waals surface area contributed by atoms with Gasteiger partial charge in [0.15, 0.2) is 0 Å². The average molecular weight is 342 g/mol. The van der Waals surface area contributed by atoms with E-state index in [2.05, 4.69) is 22.5 Å². The maximum atomic E-state index is 13.4. The Labute approximate surface area is 144 Å². The smallest absolute Gasteiger partial charge is 0.254 e. The zero-order valence-electron chi connectivity index (χ0n) is 13.3. The van der Waals surface area contributed by atoms with Crippen molar-refractivity contribution >= 4 is 11.8 Å². The fourth-order valence-corrected chi connectivity index (χ4v) is 1.96. The first-order chi connectivity index (χ1) is 12.1. The third-order valence-electron chi connectivity index (χ3n) is 3.19. The number of nitrogens with one attached hydrogen (secondary N) is 2. The Bertz CT molecular complexity index is 811. The van der Waals surface area contributed by atoms with Crippen LogP contribution in [0.1, 0.15) is 22.3 Å². The molecule has 0 unspecified atom stereocenters. The van der Waals surface area contributed by atoms with Gasteiger partial charge in [-0.3, -0.25) is 9.59 Å². The van der Waals surface area contributed by atoms with Gasteiger partial charge in [0.25, 0.3) is 5.91 Å². The van der Waals surface area contributed by atoms with Gasteiger partial charge in [-0.2, -0.15) is 0 Å². The number of hydrogen-bond donors (Lipinski definition) is 2. The van der Waals surface area contributed by atoms with Crippen molar-refractivity contribution in [2.24, 2.45) is 0 Å². The van der Waals surface area contributed by atoms with E-state index in [1.807, 2.05) is 30.3 Å². The van der Waals surface area contributed by atoms with E-state index in [-0.39, 0.29) is 31.0 Å². The summed E-state index contributed by atoms with van der Waals surface area (Å²) in [5.74, 6) is 3.02. The van der Waals surface area contributed by atoms with Crippen LogP contribution in [0.4, 0.5) is 8.78 Å². The van der Waals surface area contributed by atoms with Gasteiger partial charge in [0, 0.05) is 24.6 Å². The molecule has 0 aliphatic carbocycles. The van der Waals surface area contributed by atoms with E-state index < -0.39 is 17.5 Å². The van der Waals surface area contributed by atoms with Crippen molar-refractivity contribution in [1.82, 2.24) is 10.6 Å². The zero-order chi connectivity index (χ0) is 18.1. The first kappa shape index (κ1) is 18.1. The SMILES string of the molecule is O=C(CCNC(=O)c1ccc(F)cc1F)NCC#Cc1ccccc1. The van der Waals surface area contributed by atoms with Gasteiger partial charge >= 0.3 is 0 Å². The van der Waals surface area contributed by atoms with Gasteiger partial charge < -0.3 is 10.6 Å². The Hall–Kier alpha value is -3.20. The number of halogens is 2. The molecule has 0 bridgehead atoms. The summed E-state index contributed by atoms with van der Waals surface area (Å²) in [6.45, 7) is 0.224. The van der Waals surface area contributed by atoms with Crippen LogP contribution in [-0.2, 0) is 4.79 Å². The van der Waals surface area contributed by atoms with Crippen molar-refractivity contribution in [1.29, 1.82) is 0 Å². The van der Waals surface area contributed by atoms with E-state index in [1.54, 1.807) is 0 Å². The molecule has 0 spiro atoms. The van der Waals surface area contributed by atoms with Crippen molar-refractivity contribution in [3.63, 3.8) is 0 Å². The summed E-state index contributed by atoms with van der Waals surface area (Å²) < 4.78 is 26.2. The Balaban J connectivity index is 1.70. The second kappa shape index (κ2) is 9.18. The van der Waals surface area contributed by atoms with Crippen molar-refractivity contribution in [2.45, 2.75) is 6.42 Å². The molecule has 0 saturated heterocycles. The van der Waals surface area contributed by atoms with Crippen LogP contribution >= 0.6 is 0 Å². The van der Waals surface area contributed by atoms with Gasteiger partial charge in [0.1, 0.15) is 11.6 Å². The molecule has 0 aliphatic heterocycles. The van der Waals surface area contributed by atoms with Crippen LogP contribution in [-0.4, -0.2) is 24.9 Å². The Morgan fingerprint density at radius 1 is 1.00 bits per heavy atom. The molecule has 2 amide bonds. The average Bonchev–Trinajstić information content (AvgIpc) is 2.59. The van der Waals surface area contributed by atoms with Crippen LogP contribution in [0.5, 0.6) is 0 Å². The lowest BCUT2D eigenvalue weighted by molar-refractivity contribution is -0.120. The van der Waals surface area contributed by atoms with E-state index in [1.165, 1.54) is 0 Å². The van der Waals surface area contributed by atoms with Crippen molar-refractivity contribution in [3.05, 3.63) is 71.3 Å². The third-order valence-corrected chi connectivity index (χ3v) is 3.19. The summed E-state index contributed by atoms with van der Waals surface area (Å²) in [6, 6.07) is 12.0. The fourth-order valence-electron chi connectivity index (χ4n) is 1.96. The van der Waals surface area contributed by atoms with Crippen LogP contribution in [0, 0.1) is 23.5 Å². The highest BCUT2D eigenvalue weighted by Gasteiger charge is 2.12. The third kappa shape index (κ3) is 6.07. The zero-order valence-corrected chi connectivity index (χ0v) is 13.3. The molecule has 2 N–H and O–H groups in total. The Kier molecular flexibility index (Phi) is 6.66. The molecule has 0 aromatic heterocycles. The van der Waals surface area contributed by atoms with Crippen LogP contribution in [0.15, 0.2) is 48.5 Å². The molecular formula is C19H16F2N2O2. The summed E-state index contributed by atoms with van der Waals surface area (Å²) in [7, 11) is 0. The van der Waals surface area contributed by atoms with Crippen molar-refractivity contribution in [2.75, 3.05) is 13.1 Å².